The van der Waals surface area contributed by atoms with Gasteiger partial charge in [0.05, 0.1) is 7.11 Å². The van der Waals surface area contributed by atoms with Crippen molar-refractivity contribution in [1.82, 2.24) is 4.90 Å². The molecule has 1 aromatic carbocycles. The van der Waals surface area contributed by atoms with Crippen LogP contribution in [0.15, 0.2) is 22.7 Å². The summed E-state index contributed by atoms with van der Waals surface area (Å²) in [7, 11) is 5.50. The molecule has 0 fully saturated rings. The van der Waals surface area contributed by atoms with E-state index in [1.54, 1.807) is 7.11 Å². The second-order valence-corrected chi connectivity index (χ2v) is 5.21. The van der Waals surface area contributed by atoms with E-state index < -0.39 is 5.97 Å². The Morgan fingerprint density at radius 3 is 2.67 bits per heavy atom. The summed E-state index contributed by atoms with van der Waals surface area (Å²) in [5.74, 6) is -0.00176. The van der Waals surface area contributed by atoms with Crippen molar-refractivity contribution in [2.24, 2.45) is 0 Å². The van der Waals surface area contributed by atoms with Crippen LogP contribution < -0.4 is 4.74 Å². The molecule has 18 heavy (non-hydrogen) atoms. The van der Waals surface area contributed by atoms with Gasteiger partial charge >= 0.3 is 5.97 Å². The van der Waals surface area contributed by atoms with E-state index in [0.717, 1.165) is 15.8 Å². The summed E-state index contributed by atoms with van der Waals surface area (Å²) in [5, 5.41) is 8.81. The minimum absolute atomic E-state index is 0.0218. The predicted octanol–water partition coefficient (Wildman–Crippen LogP) is 2.93. The van der Waals surface area contributed by atoms with Gasteiger partial charge < -0.3 is 14.7 Å². The minimum atomic E-state index is -0.782. The van der Waals surface area contributed by atoms with Crippen LogP contribution in [0.3, 0.4) is 0 Å². The van der Waals surface area contributed by atoms with Gasteiger partial charge in [-0.2, -0.15) is 0 Å². The van der Waals surface area contributed by atoms with Crippen LogP contribution in [-0.2, 0) is 4.79 Å². The average molecular weight is 316 g/mol. The van der Waals surface area contributed by atoms with Crippen LogP contribution in [0.25, 0.3) is 0 Å². The van der Waals surface area contributed by atoms with E-state index in [1.165, 1.54) is 0 Å². The smallest absolute Gasteiger partial charge is 0.303 e. The highest BCUT2D eigenvalue weighted by Crippen LogP contribution is 2.33. The fraction of sp³-hybridized carbons (Fsp3) is 0.462. The number of aliphatic carboxylic acids is 1. The molecule has 5 heteroatoms. The molecule has 0 saturated carbocycles. The van der Waals surface area contributed by atoms with Crippen molar-refractivity contribution < 1.29 is 14.6 Å². The topological polar surface area (TPSA) is 49.8 Å². The van der Waals surface area contributed by atoms with Gasteiger partial charge in [-0.1, -0.05) is 15.9 Å². The highest BCUT2D eigenvalue weighted by Gasteiger charge is 2.19. The molecule has 100 valence electrons. The van der Waals surface area contributed by atoms with E-state index in [4.69, 9.17) is 9.84 Å². The van der Waals surface area contributed by atoms with Crippen molar-refractivity contribution in [3.63, 3.8) is 0 Å². The highest BCUT2D eigenvalue weighted by molar-refractivity contribution is 9.10. The van der Waals surface area contributed by atoms with Crippen LogP contribution in [0, 0.1) is 0 Å². The number of benzene rings is 1. The normalized spacial score (nSPS) is 12.5. The van der Waals surface area contributed by atoms with Gasteiger partial charge in [-0.15, -0.1) is 0 Å². The Kier molecular flexibility index (Phi) is 5.62. The fourth-order valence-electron chi connectivity index (χ4n) is 1.92. The molecule has 0 spiro atoms. The maximum absolute atomic E-state index is 10.7. The van der Waals surface area contributed by atoms with Gasteiger partial charge in [-0.25, -0.2) is 0 Å². The lowest BCUT2D eigenvalue weighted by atomic mass is 10.00. The summed E-state index contributed by atoms with van der Waals surface area (Å²) in [6.45, 7) is 0. The first-order chi connectivity index (χ1) is 8.45. The third-order valence-corrected chi connectivity index (χ3v) is 3.30. The van der Waals surface area contributed by atoms with Crippen molar-refractivity contribution in [3.8, 4) is 5.75 Å². The van der Waals surface area contributed by atoms with E-state index in [1.807, 2.05) is 37.2 Å². The Morgan fingerprint density at radius 2 is 2.17 bits per heavy atom. The van der Waals surface area contributed by atoms with Gasteiger partial charge in [-0.3, -0.25) is 4.79 Å². The maximum atomic E-state index is 10.7. The zero-order valence-corrected chi connectivity index (χ0v) is 12.4. The van der Waals surface area contributed by atoms with E-state index in [2.05, 4.69) is 15.9 Å². The van der Waals surface area contributed by atoms with Gasteiger partial charge in [0.2, 0.25) is 0 Å². The number of halogens is 1. The van der Waals surface area contributed by atoms with Gasteiger partial charge in [0, 0.05) is 22.5 Å². The van der Waals surface area contributed by atoms with Crippen LogP contribution in [0.2, 0.25) is 0 Å². The number of carbonyl (C=O) groups is 1. The monoisotopic (exact) mass is 315 g/mol. The lowest BCUT2D eigenvalue weighted by molar-refractivity contribution is -0.137. The van der Waals surface area contributed by atoms with Crippen molar-refractivity contribution in [2.75, 3.05) is 21.2 Å². The predicted molar refractivity (Wildman–Crippen MR) is 74.0 cm³/mol. The zero-order chi connectivity index (χ0) is 13.7. The second kappa shape index (κ2) is 6.75. The number of methoxy groups -OCH3 is 1. The van der Waals surface area contributed by atoms with Crippen molar-refractivity contribution in [1.29, 1.82) is 0 Å². The van der Waals surface area contributed by atoms with Gasteiger partial charge in [-0.05, 0) is 38.7 Å². The molecule has 0 heterocycles. The van der Waals surface area contributed by atoms with Crippen LogP contribution in [-0.4, -0.2) is 37.2 Å². The third kappa shape index (κ3) is 3.99. The maximum Gasteiger partial charge on any atom is 0.303 e. The first kappa shape index (κ1) is 15.0. The summed E-state index contributed by atoms with van der Waals surface area (Å²) in [4.78, 5) is 12.7. The SMILES string of the molecule is COc1ccc(Br)cc1C(CCC(=O)O)N(C)C. The molecule has 0 aromatic heterocycles. The fourth-order valence-corrected chi connectivity index (χ4v) is 2.30. The molecule has 0 aliphatic carbocycles. The van der Waals surface area contributed by atoms with E-state index in [0.29, 0.717) is 6.42 Å². The lowest BCUT2D eigenvalue weighted by Gasteiger charge is -2.26. The number of carboxylic acids is 1. The van der Waals surface area contributed by atoms with E-state index >= 15 is 0 Å². The van der Waals surface area contributed by atoms with Crippen LogP contribution in [0.4, 0.5) is 0 Å². The van der Waals surface area contributed by atoms with Crippen LogP contribution in [0.1, 0.15) is 24.4 Å². The molecular weight excluding hydrogens is 298 g/mol. The number of rotatable bonds is 6. The number of hydrogen-bond acceptors (Lipinski definition) is 3. The molecule has 1 unspecified atom stereocenters. The van der Waals surface area contributed by atoms with Gasteiger partial charge in [0.1, 0.15) is 5.75 Å². The highest BCUT2D eigenvalue weighted by atomic mass is 79.9. The Bertz CT molecular complexity index is 421. The van der Waals surface area contributed by atoms with E-state index in [9.17, 15) is 4.79 Å². The largest absolute Gasteiger partial charge is 0.496 e. The minimum Gasteiger partial charge on any atom is -0.496 e. The summed E-state index contributed by atoms with van der Waals surface area (Å²) in [6, 6.07) is 5.79. The van der Waals surface area contributed by atoms with Gasteiger partial charge in [0.15, 0.2) is 0 Å². The summed E-state index contributed by atoms with van der Waals surface area (Å²) < 4.78 is 6.30. The molecule has 0 aliphatic rings. The summed E-state index contributed by atoms with van der Waals surface area (Å²) in [6.07, 6.45) is 0.688. The molecular formula is C13H18BrNO3. The molecule has 1 N–H and O–H groups in total. The Morgan fingerprint density at radius 1 is 1.50 bits per heavy atom. The number of hydrogen-bond donors (Lipinski definition) is 1. The second-order valence-electron chi connectivity index (χ2n) is 4.30. The van der Waals surface area contributed by atoms with Crippen molar-refractivity contribution >= 4 is 21.9 Å². The summed E-state index contributed by atoms with van der Waals surface area (Å²) >= 11 is 3.43. The molecule has 0 radical (unpaired) electrons. The third-order valence-electron chi connectivity index (χ3n) is 2.81. The lowest BCUT2D eigenvalue weighted by Crippen LogP contribution is -2.21. The number of ether oxygens (including phenoxy) is 1. The van der Waals surface area contributed by atoms with Crippen LogP contribution >= 0.6 is 15.9 Å². The molecule has 0 aliphatic heterocycles. The Hall–Kier alpha value is -1.07. The molecule has 0 bridgehead atoms. The van der Waals surface area contributed by atoms with E-state index in [-0.39, 0.29) is 12.5 Å². The first-order valence-corrected chi connectivity index (χ1v) is 6.46. The quantitative estimate of drug-likeness (QED) is 0.877. The molecule has 1 aromatic rings. The van der Waals surface area contributed by atoms with Crippen molar-refractivity contribution in [3.05, 3.63) is 28.2 Å². The average Bonchev–Trinajstić information content (AvgIpc) is 2.28. The Labute approximate surface area is 116 Å². The first-order valence-electron chi connectivity index (χ1n) is 5.67. The summed E-state index contributed by atoms with van der Waals surface area (Å²) in [5.41, 5.74) is 0.998. The molecule has 1 rings (SSSR count). The Balaban J connectivity index is 3.04. The molecule has 4 nitrogen and oxygen atoms in total. The van der Waals surface area contributed by atoms with Gasteiger partial charge in [0.25, 0.3) is 0 Å². The molecule has 0 amide bonds. The zero-order valence-electron chi connectivity index (χ0n) is 10.8. The molecule has 1 atom stereocenters. The molecule has 0 saturated heterocycles. The number of carboxylic acid groups (broad SMARTS) is 1. The standard InChI is InChI=1S/C13H18BrNO3/c1-15(2)11(5-7-13(16)17)10-8-9(14)4-6-12(10)18-3/h4,6,8,11H,5,7H2,1-3H3,(H,16,17). The number of nitrogens with zero attached hydrogens (tertiary/aromatic N) is 1. The van der Waals surface area contributed by atoms with Crippen LogP contribution in [0.5, 0.6) is 5.75 Å². The van der Waals surface area contributed by atoms with Crippen molar-refractivity contribution in [2.45, 2.75) is 18.9 Å².